The fraction of sp³-hybridized carbons (Fsp3) is 0.364. The monoisotopic (exact) mass is 362 g/mol. The SMILES string of the molecule is Cc1ccccc1CN1CCN(C(C)c2nnc(-c3ccccc3)o2)CC1. The van der Waals surface area contributed by atoms with Gasteiger partial charge in [0.2, 0.25) is 11.8 Å². The Morgan fingerprint density at radius 2 is 1.63 bits per heavy atom. The predicted octanol–water partition coefficient (Wildman–Crippen LogP) is 3.92. The number of aromatic nitrogens is 2. The van der Waals surface area contributed by atoms with E-state index in [1.165, 1.54) is 11.1 Å². The van der Waals surface area contributed by atoms with Crippen LogP contribution in [0.4, 0.5) is 0 Å². The van der Waals surface area contributed by atoms with Crippen molar-refractivity contribution < 1.29 is 4.42 Å². The minimum atomic E-state index is 0.135. The highest BCUT2D eigenvalue weighted by molar-refractivity contribution is 5.51. The van der Waals surface area contributed by atoms with Gasteiger partial charge in [0.1, 0.15) is 0 Å². The highest BCUT2D eigenvalue weighted by atomic mass is 16.4. The van der Waals surface area contributed by atoms with E-state index < -0.39 is 0 Å². The average molecular weight is 362 g/mol. The van der Waals surface area contributed by atoms with Crippen LogP contribution < -0.4 is 0 Å². The van der Waals surface area contributed by atoms with E-state index in [0.29, 0.717) is 11.8 Å². The summed E-state index contributed by atoms with van der Waals surface area (Å²) in [4.78, 5) is 4.95. The van der Waals surface area contributed by atoms with Crippen molar-refractivity contribution in [3.63, 3.8) is 0 Å². The first-order valence-corrected chi connectivity index (χ1v) is 9.60. The predicted molar refractivity (Wildman–Crippen MR) is 106 cm³/mol. The topological polar surface area (TPSA) is 45.4 Å². The largest absolute Gasteiger partial charge is 0.419 e. The van der Waals surface area contributed by atoms with Crippen LogP contribution in [0.1, 0.15) is 30.0 Å². The van der Waals surface area contributed by atoms with E-state index in [9.17, 15) is 0 Å². The van der Waals surface area contributed by atoms with E-state index in [2.05, 4.69) is 58.1 Å². The number of hydrogen-bond donors (Lipinski definition) is 0. The van der Waals surface area contributed by atoms with Crippen molar-refractivity contribution in [1.82, 2.24) is 20.0 Å². The van der Waals surface area contributed by atoms with Gasteiger partial charge in [-0.25, -0.2) is 0 Å². The van der Waals surface area contributed by atoms with Gasteiger partial charge in [0.05, 0.1) is 6.04 Å². The van der Waals surface area contributed by atoms with E-state index in [1.54, 1.807) is 0 Å². The lowest BCUT2D eigenvalue weighted by Crippen LogP contribution is -2.46. The molecule has 1 atom stereocenters. The molecule has 3 aromatic rings. The first-order valence-electron chi connectivity index (χ1n) is 9.60. The molecule has 0 N–H and O–H groups in total. The summed E-state index contributed by atoms with van der Waals surface area (Å²) >= 11 is 0. The molecule has 5 heteroatoms. The van der Waals surface area contributed by atoms with Crippen LogP contribution in [0.2, 0.25) is 0 Å². The fourth-order valence-corrected chi connectivity index (χ4v) is 3.59. The lowest BCUT2D eigenvalue weighted by molar-refractivity contribution is 0.0875. The van der Waals surface area contributed by atoms with E-state index in [4.69, 9.17) is 4.42 Å². The molecule has 0 amide bonds. The number of rotatable bonds is 5. The first-order chi connectivity index (χ1) is 13.2. The van der Waals surface area contributed by atoms with E-state index >= 15 is 0 Å². The molecular formula is C22H26N4O. The summed E-state index contributed by atoms with van der Waals surface area (Å²) < 4.78 is 5.95. The molecule has 0 spiro atoms. The molecule has 4 rings (SSSR count). The van der Waals surface area contributed by atoms with Crippen LogP contribution >= 0.6 is 0 Å². The third-order valence-corrected chi connectivity index (χ3v) is 5.43. The van der Waals surface area contributed by atoms with Crippen molar-refractivity contribution in [3.8, 4) is 11.5 Å². The van der Waals surface area contributed by atoms with Crippen LogP contribution in [0.25, 0.3) is 11.5 Å². The maximum Gasteiger partial charge on any atom is 0.247 e. The summed E-state index contributed by atoms with van der Waals surface area (Å²) in [6.45, 7) is 9.49. The molecule has 2 aromatic carbocycles. The summed E-state index contributed by atoms with van der Waals surface area (Å²) in [7, 11) is 0. The normalized spacial score (nSPS) is 17.1. The quantitative estimate of drug-likeness (QED) is 0.688. The zero-order chi connectivity index (χ0) is 18.6. The molecule has 0 bridgehead atoms. The van der Waals surface area contributed by atoms with Gasteiger partial charge < -0.3 is 4.42 Å². The summed E-state index contributed by atoms with van der Waals surface area (Å²) in [5.74, 6) is 1.29. The minimum Gasteiger partial charge on any atom is -0.419 e. The average Bonchev–Trinajstić information content (AvgIpc) is 3.21. The van der Waals surface area contributed by atoms with Gasteiger partial charge in [-0.2, -0.15) is 0 Å². The van der Waals surface area contributed by atoms with E-state index in [1.807, 2.05) is 30.3 Å². The molecule has 0 saturated carbocycles. The Morgan fingerprint density at radius 3 is 2.37 bits per heavy atom. The lowest BCUT2D eigenvalue weighted by Gasteiger charge is -2.37. The molecule has 5 nitrogen and oxygen atoms in total. The molecule has 1 aliphatic heterocycles. The molecule has 2 heterocycles. The van der Waals surface area contributed by atoms with Crippen LogP contribution in [0.5, 0.6) is 0 Å². The van der Waals surface area contributed by atoms with Crippen LogP contribution in [-0.4, -0.2) is 46.2 Å². The summed E-state index contributed by atoms with van der Waals surface area (Å²) in [6, 6.07) is 18.7. The van der Waals surface area contributed by atoms with Gasteiger partial charge in [-0.05, 0) is 37.1 Å². The van der Waals surface area contributed by atoms with Gasteiger partial charge >= 0.3 is 0 Å². The second kappa shape index (κ2) is 8.03. The lowest BCUT2D eigenvalue weighted by atomic mass is 10.1. The molecular weight excluding hydrogens is 336 g/mol. The third-order valence-electron chi connectivity index (χ3n) is 5.43. The molecule has 1 saturated heterocycles. The Labute approximate surface area is 160 Å². The van der Waals surface area contributed by atoms with Crippen molar-refractivity contribution in [2.75, 3.05) is 26.2 Å². The second-order valence-electron chi connectivity index (χ2n) is 7.23. The Balaban J connectivity index is 1.36. The Kier molecular flexibility index (Phi) is 5.32. The zero-order valence-electron chi connectivity index (χ0n) is 16.0. The molecule has 1 fully saturated rings. The van der Waals surface area contributed by atoms with Gasteiger partial charge in [0, 0.05) is 38.3 Å². The van der Waals surface area contributed by atoms with Gasteiger partial charge in [-0.3, -0.25) is 9.80 Å². The van der Waals surface area contributed by atoms with Crippen molar-refractivity contribution in [1.29, 1.82) is 0 Å². The smallest absolute Gasteiger partial charge is 0.247 e. The molecule has 1 unspecified atom stereocenters. The third kappa shape index (κ3) is 4.10. The summed E-state index contributed by atoms with van der Waals surface area (Å²) in [5, 5.41) is 8.52. The minimum absolute atomic E-state index is 0.135. The first kappa shape index (κ1) is 17.9. The van der Waals surface area contributed by atoms with Crippen molar-refractivity contribution in [2.24, 2.45) is 0 Å². The van der Waals surface area contributed by atoms with Crippen LogP contribution in [0.3, 0.4) is 0 Å². The summed E-state index contributed by atoms with van der Waals surface area (Å²) in [5.41, 5.74) is 3.75. The number of piperazine rings is 1. The van der Waals surface area contributed by atoms with Gasteiger partial charge in [0.25, 0.3) is 0 Å². The maximum absolute atomic E-state index is 5.95. The second-order valence-corrected chi connectivity index (χ2v) is 7.23. The van der Waals surface area contributed by atoms with Crippen LogP contribution in [-0.2, 0) is 6.54 Å². The highest BCUT2D eigenvalue weighted by Gasteiger charge is 2.26. The Morgan fingerprint density at radius 1 is 0.926 bits per heavy atom. The standard InChI is InChI=1S/C22H26N4O/c1-17-8-6-7-11-20(17)16-25-12-14-26(15-13-25)18(2)21-23-24-22(27-21)19-9-4-3-5-10-19/h3-11,18H,12-16H2,1-2H3. The number of hydrogen-bond acceptors (Lipinski definition) is 5. The number of nitrogens with zero attached hydrogens (tertiary/aromatic N) is 4. The Hall–Kier alpha value is -2.50. The number of benzene rings is 2. The summed E-state index contributed by atoms with van der Waals surface area (Å²) in [6.07, 6.45) is 0. The fourth-order valence-electron chi connectivity index (χ4n) is 3.59. The molecule has 27 heavy (non-hydrogen) atoms. The van der Waals surface area contributed by atoms with Gasteiger partial charge in [-0.15, -0.1) is 10.2 Å². The van der Waals surface area contributed by atoms with E-state index in [-0.39, 0.29) is 6.04 Å². The molecule has 1 aliphatic rings. The van der Waals surface area contributed by atoms with Gasteiger partial charge in [0.15, 0.2) is 0 Å². The highest BCUT2D eigenvalue weighted by Crippen LogP contribution is 2.25. The molecule has 0 radical (unpaired) electrons. The molecule has 140 valence electrons. The van der Waals surface area contributed by atoms with Crippen LogP contribution in [0.15, 0.2) is 59.0 Å². The van der Waals surface area contributed by atoms with Crippen molar-refractivity contribution in [2.45, 2.75) is 26.4 Å². The maximum atomic E-state index is 5.95. The van der Waals surface area contributed by atoms with E-state index in [0.717, 1.165) is 38.3 Å². The zero-order valence-corrected chi connectivity index (χ0v) is 16.0. The van der Waals surface area contributed by atoms with Crippen molar-refractivity contribution >= 4 is 0 Å². The molecule has 0 aliphatic carbocycles. The van der Waals surface area contributed by atoms with Crippen molar-refractivity contribution in [3.05, 3.63) is 71.6 Å². The van der Waals surface area contributed by atoms with Crippen LogP contribution in [0, 0.1) is 6.92 Å². The number of aryl methyl sites for hydroxylation is 1. The molecule has 1 aromatic heterocycles. The van der Waals surface area contributed by atoms with Gasteiger partial charge in [-0.1, -0.05) is 42.5 Å². The Bertz CT molecular complexity index is 869.